The molecule has 0 aromatic carbocycles. The van der Waals surface area contributed by atoms with Crippen LogP contribution in [0.15, 0.2) is 16.9 Å². The number of aliphatic hydroxyl groups is 1. The second-order valence-corrected chi connectivity index (χ2v) is 6.07. The molecule has 0 amide bonds. The van der Waals surface area contributed by atoms with Crippen molar-refractivity contribution < 1.29 is 9.63 Å². The number of anilines is 2. The zero-order chi connectivity index (χ0) is 16.4. The average Bonchev–Trinajstić information content (AvgIpc) is 3.16. The Morgan fingerprint density at radius 3 is 2.91 bits per heavy atom. The highest BCUT2D eigenvalue weighted by Crippen LogP contribution is 2.26. The predicted molar refractivity (Wildman–Crippen MR) is 87.6 cm³/mol. The highest BCUT2D eigenvalue weighted by atomic mass is 16.5. The van der Waals surface area contributed by atoms with Crippen molar-refractivity contribution in [2.45, 2.75) is 39.3 Å². The van der Waals surface area contributed by atoms with Gasteiger partial charge in [0.05, 0.1) is 18.3 Å². The third kappa shape index (κ3) is 3.14. The van der Waals surface area contributed by atoms with E-state index in [2.05, 4.69) is 24.9 Å². The molecular formula is C16H23N5O2. The van der Waals surface area contributed by atoms with Gasteiger partial charge in [0.25, 0.3) is 0 Å². The van der Waals surface area contributed by atoms with Gasteiger partial charge in [-0.15, -0.1) is 0 Å². The molecule has 1 aliphatic rings. The average molecular weight is 317 g/mol. The molecule has 3 rings (SSSR count). The molecule has 0 bridgehead atoms. The molecule has 124 valence electrons. The molecule has 1 saturated heterocycles. The van der Waals surface area contributed by atoms with Crippen LogP contribution in [0.5, 0.6) is 0 Å². The maximum Gasteiger partial charge on any atom is 0.138 e. The number of aryl methyl sites for hydroxylation is 2. The fourth-order valence-corrected chi connectivity index (χ4v) is 3.08. The van der Waals surface area contributed by atoms with Crippen molar-refractivity contribution in [3.63, 3.8) is 0 Å². The highest BCUT2D eigenvalue weighted by Gasteiger charge is 2.25. The lowest BCUT2D eigenvalue weighted by Crippen LogP contribution is -2.33. The van der Waals surface area contributed by atoms with Crippen molar-refractivity contribution in [3.8, 4) is 0 Å². The van der Waals surface area contributed by atoms with Crippen molar-refractivity contribution in [1.82, 2.24) is 15.1 Å². The summed E-state index contributed by atoms with van der Waals surface area (Å²) in [5.41, 5.74) is 1.99. The standard InChI is InChI=1S/C16H23N5O2/c1-11-14(12(2)23-19-11)8-20(3)15-7-16(18-10-17-15)21-6-4-5-13(21)9-22/h7,10,13,22H,4-6,8-9H2,1-3H3/t13-/m0/s1. The van der Waals surface area contributed by atoms with Crippen LogP contribution in [0.4, 0.5) is 11.6 Å². The van der Waals surface area contributed by atoms with E-state index in [1.165, 1.54) is 0 Å². The summed E-state index contributed by atoms with van der Waals surface area (Å²) in [5.74, 6) is 2.55. The number of hydrogen-bond acceptors (Lipinski definition) is 7. The largest absolute Gasteiger partial charge is 0.394 e. The van der Waals surface area contributed by atoms with Crippen molar-refractivity contribution in [1.29, 1.82) is 0 Å². The van der Waals surface area contributed by atoms with E-state index in [0.717, 1.165) is 48.0 Å². The van der Waals surface area contributed by atoms with Crippen LogP contribution in [0, 0.1) is 13.8 Å². The van der Waals surface area contributed by atoms with E-state index in [4.69, 9.17) is 4.52 Å². The highest BCUT2D eigenvalue weighted by molar-refractivity contribution is 5.51. The molecule has 0 unspecified atom stereocenters. The number of aliphatic hydroxyl groups excluding tert-OH is 1. The van der Waals surface area contributed by atoms with E-state index in [0.29, 0.717) is 6.54 Å². The summed E-state index contributed by atoms with van der Waals surface area (Å²) in [4.78, 5) is 13.0. The topological polar surface area (TPSA) is 78.5 Å². The number of nitrogens with zero attached hydrogens (tertiary/aromatic N) is 5. The second kappa shape index (κ2) is 6.54. The summed E-state index contributed by atoms with van der Waals surface area (Å²) in [7, 11) is 1.99. The van der Waals surface area contributed by atoms with Gasteiger partial charge in [-0.05, 0) is 26.7 Å². The summed E-state index contributed by atoms with van der Waals surface area (Å²) in [6.45, 7) is 5.64. The summed E-state index contributed by atoms with van der Waals surface area (Å²) >= 11 is 0. The first-order valence-electron chi connectivity index (χ1n) is 7.92. The van der Waals surface area contributed by atoms with Gasteiger partial charge in [0, 0.05) is 31.8 Å². The quantitative estimate of drug-likeness (QED) is 0.898. The second-order valence-electron chi connectivity index (χ2n) is 6.07. The van der Waals surface area contributed by atoms with Gasteiger partial charge >= 0.3 is 0 Å². The van der Waals surface area contributed by atoms with Crippen molar-refractivity contribution in [2.24, 2.45) is 0 Å². The maximum absolute atomic E-state index is 9.50. The van der Waals surface area contributed by atoms with Gasteiger partial charge in [0.15, 0.2) is 0 Å². The molecule has 1 aliphatic heterocycles. The minimum Gasteiger partial charge on any atom is -0.394 e. The van der Waals surface area contributed by atoms with Crippen LogP contribution in [0.2, 0.25) is 0 Å². The van der Waals surface area contributed by atoms with Crippen LogP contribution in [0.3, 0.4) is 0 Å². The van der Waals surface area contributed by atoms with E-state index < -0.39 is 0 Å². The lowest BCUT2D eigenvalue weighted by atomic mass is 10.2. The first-order valence-corrected chi connectivity index (χ1v) is 7.92. The normalized spacial score (nSPS) is 17.7. The molecule has 23 heavy (non-hydrogen) atoms. The molecule has 7 heteroatoms. The Kier molecular flexibility index (Phi) is 4.47. The Bertz CT molecular complexity index is 653. The van der Waals surface area contributed by atoms with Crippen molar-refractivity contribution in [3.05, 3.63) is 29.4 Å². The Morgan fingerprint density at radius 1 is 1.39 bits per heavy atom. The molecular weight excluding hydrogens is 294 g/mol. The van der Waals surface area contributed by atoms with E-state index in [9.17, 15) is 5.11 Å². The predicted octanol–water partition coefficient (Wildman–Crippen LogP) is 1.68. The zero-order valence-corrected chi connectivity index (χ0v) is 13.9. The van der Waals surface area contributed by atoms with Crippen LogP contribution in [-0.2, 0) is 6.54 Å². The maximum atomic E-state index is 9.50. The number of hydrogen-bond donors (Lipinski definition) is 1. The third-order valence-corrected chi connectivity index (χ3v) is 4.49. The monoisotopic (exact) mass is 317 g/mol. The molecule has 0 spiro atoms. The fraction of sp³-hybridized carbons (Fsp3) is 0.562. The minimum absolute atomic E-state index is 0.158. The van der Waals surface area contributed by atoms with Gasteiger partial charge in [-0.25, -0.2) is 9.97 Å². The fourth-order valence-electron chi connectivity index (χ4n) is 3.08. The third-order valence-electron chi connectivity index (χ3n) is 4.49. The molecule has 1 N–H and O–H groups in total. The summed E-state index contributed by atoms with van der Waals surface area (Å²) in [5, 5.41) is 13.5. The zero-order valence-electron chi connectivity index (χ0n) is 13.9. The molecule has 1 fully saturated rings. The molecule has 0 aliphatic carbocycles. The van der Waals surface area contributed by atoms with Crippen LogP contribution in [-0.4, -0.2) is 46.5 Å². The van der Waals surface area contributed by atoms with Crippen molar-refractivity contribution >= 4 is 11.6 Å². The molecule has 0 radical (unpaired) electrons. The summed E-state index contributed by atoms with van der Waals surface area (Å²) in [6.07, 6.45) is 3.67. The van der Waals surface area contributed by atoms with Crippen molar-refractivity contribution in [2.75, 3.05) is 30.0 Å². The van der Waals surface area contributed by atoms with E-state index in [1.807, 2.05) is 27.0 Å². The van der Waals surface area contributed by atoms with Crippen LogP contribution in [0.25, 0.3) is 0 Å². The SMILES string of the molecule is Cc1noc(C)c1CN(C)c1cc(N2CCC[C@H]2CO)ncn1. The summed E-state index contributed by atoms with van der Waals surface area (Å²) < 4.78 is 5.22. The first kappa shape index (κ1) is 15.7. The Morgan fingerprint density at radius 2 is 2.22 bits per heavy atom. The number of aromatic nitrogens is 3. The smallest absolute Gasteiger partial charge is 0.138 e. The van der Waals surface area contributed by atoms with Gasteiger partial charge in [-0.3, -0.25) is 0 Å². The van der Waals surface area contributed by atoms with E-state index in [-0.39, 0.29) is 12.6 Å². The Labute approximate surface area is 135 Å². The molecule has 1 atom stereocenters. The van der Waals surface area contributed by atoms with E-state index >= 15 is 0 Å². The first-order chi connectivity index (χ1) is 11.1. The molecule has 7 nitrogen and oxygen atoms in total. The molecule has 2 aromatic heterocycles. The van der Waals surface area contributed by atoms with Crippen LogP contribution < -0.4 is 9.80 Å². The minimum atomic E-state index is 0.158. The molecule has 0 saturated carbocycles. The van der Waals surface area contributed by atoms with Gasteiger partial charge in [-0.1, -0.05) is 5.16 Å². The van der Waals surface area contributed by atoms with E-state index in [1.54, 1.807) is 6.33 Å². The molecule has 2 aromatic rings. The Balaban J connectivity index is 1.79. The number of rotatable bonds is 5. The lowest BCUT2D eigenvalue weighted by Gasteiger charge is -2.25. The van der Waals surface area contributed by atoms with Crippen LogP contribution >= 0.6 is 0 Å². The van der Waals surface area contributed by atoms with Gasteiger partial charge in [0.1, 0.15) is 23.7 Å². The van der Waals surface area contributed by atoms with Crippen LogP contribution in [0.1, 0.15) is 29.9 Å². The lowest BCUT2D eigenvalue weighted by molar-refractivity contribution is 0.266. The summed E-state index contributed by atoms with van der Waals surface area (Å²) in [6, 6.07) is 2.14. The van der Waals surface area contributed by atoms with Gasteiger partial charge in [-0.2, -0.15) is 0 Å². The Hall–Kier alpha value is -2.15. The van der Waals surface area contributed by atoms with Gasteiger partial charge < -0.3 is 19.4 Å². The molecule has 3 heterocycles. The van der Waals surface area contributed by atoms with Gasteiger partial charge in [0.2, 0.25) is 0 Å².